The highest BCUT2D eigenvalue weighted by molar-refractivity contribution is 8.00. The lowest BCUT2D eigenvalue weighted by atomic mass is 10.0. The Morgan fingerprint density at radius 1 is 0.782 bits per heavy atom. The summed E-state index contributed by atoms with van der Waals surface area (Å²) in [7, 11) is 1.53. The predicted octanol–water partition coefficient (Wildman–Crippen LogP) is 9.48. The van der Waals surface area contributed by atoms with Crippen LogP contribution in [-0.2, 0) is 14.3 Å². The van der Waals surface area contributed by atoms with Gasteiger partial charge in [0.2, 0.25) is 5.91 Å². The van der Waals surface area contributed by atoms with E-state index in [0.29, 0.717) is 43.6 Å². The number of rotatable bonds is 14. The van der Waals surface area contributed by atoms with Gasteiger partial charge in [0.1, 0.15) is 27.3 Å². The first kappa shape index (κ1) is 38.3. The van der Waals surface area contributed by atoms with E-state index in [1.807, 2.05) is 78.2 Å². The van der Waals surface area contributed by atoms with Crippen LogP contribution in [0.25, 0.3) is 17.2 Å². The first-order valence-electron chi connectivity index (χ1n) is 17.3. The molecule has 1 atom stereocenters. The number of para-hydroxylation sites is 1. The number of carbonyl (C=O) groups excluding carboxylic acids is 4. The molecule has 0 radical (unpaired) electrons. The zero-order valence-corrected chi connectivity index (χ0v) is 31.6. The molecule has 276 valence electrons. The van der Waals surface area contributed by atoms with Gasteiger partial charge in [-0.1, -0.05) is 103 Å². The van der Waals surface area contributed by atoms with E-state index in [1.54, 1.807) is 79.7 Å². The number of hydrogen-bond donors (Lipinski definition) is 3. The number of carbonyl (C=O) groups is 4. The third-order valence-corrected chi connectivity index (χ3v) is 10.4. The molecule has 9 nitrogen and oxygen atoms in total. The van der Waals surface area contributed by atoms with Crippen LogP contribution >= 0.6 is 23.1 Å². The number of ether oxygens (including phenoxy) is 2. The number of thiophene rings is 1. The van der Waals surface area contributed by atoms with Crippen molar-refractivity contribution >= 4 is 63.6 Å². The third-order valence-electron chi connectivity index (χ3n) is 8.25. The van der Waals surface area contributed by atoms with E-state index in [1.165, 1.54) is 30.2 Å². The van der Waals surface area contributed by atoms with Crippen molar-refractivity contribution in [2.24, 2.45) is 0 Å². The number of amides is 3. The minimum Gasteiger partial charge on any atom is -0.496 e. The van der Waals surface area contributed by atoms with E-state index in [9.17, 15) is 19.2 Å². The number of nitrogens with one attached hydrogen (secondary N) is 3. The van der Waals surface area contributed by atoms with Crippen LogP contribution in [0.4, 0.5) is 10.7 Å². The fourth-order valence-corrected chi connectivity index (χ4v) is 7.67. The molecule has 3 amide bonds. The molecule has 55 heavy (non-hydrogen) atoms. The van der Waals surface area contributed by atoms with Crippen molar-refractivity contribution in [3.63, 3.8) is 0 Å². The maximum Gasteiger partial charge on any atom is 0.341 e. The molecular weight excluding hydrogens is 731 g/mol. The molecule has 5 aromatic carbocycles. The molecule has 0 spiro atoms. The van der Waals surface area contributed by atoms with Crippen LogP contribution in [0.1, 0.15) is 44.0 Å². The standard InChI is InChI=1S/C44H37N3O6S2/c1-3-53-44(51)38-35(29-16-7-4-8-17-29)28-54-43(38)47-42(50)39(30-18-9-5-10-19-30)55-34-24-15-23-33(27-34)45-41(49)36(26-32-22-13-14-25-37(32)52-2)46-40(48)31-20-11-6-12-21-31/h4-28,39H,3H2,1-2H3,(H,45,49)(H,46,48)(H,47,50)/b36-26+. The topological polar surface area (TPSA) is 123 Å². The fourth-order valence-electron chi connectivity index (χ4n) is 5.63. The summed E-state index contributed by atoms with van der Waals surface area (Å²) < 4.78 is 10.9. The normalized spacial score (nSPS) is 11.6. The van der Waals surface area contributed by atoms with Gasteiger partial charge in [-0.15, -0.1) is 23.1 Å². The molecule has 0 aliphatic carbocycles. The SMILES string of the molecule is CCOC(=O)c1c(-c2ccccc2)csc1NC(=O)C(Sc1cccc(NC(=O)/C(=C\c2ccccc2OC)NC(=O)c2ccccc2)c1)c1ccccc1. The summed E-state index contributed by atoms with van der Waals surface area (Å²) >= 11 is 2.54. The molecular formula is C44H37N3O6S2. The van der Waals surface area contributed by atoms with Gasteiger partial charge in [-0.3, -0.25) is 14.4 Å². The van der Waals surface area contributed by atoms with Crippen molar-refractivity contribution in [2.45, 2.75) is 17.1 Å². The summed E-state index contributed by atoms with van der Waals surface area (Å²) in [6.45, 7) is 1.92. The van der Waals surface area contributed by atoms with Crippen molar-refractivity contribution in [2.75, 3.05) is 24.4 Å². The zero-order valence-electron chi connectivity index (χ0n) is 30.0. The van der Waals surface area contributed by atoms with Gasteiger partial charge in [0.25, 0.3) is 11.8 Å². The summed E-state index contributed by atoms with van der Waals surface area (Å²) in [5.74, 6) is -1.36. The van der Waals surface area contributed by atoms with Crippen molar-refractivity contribution in [1.82, 2.24) is 5.32 Å². The van der Waals surface area contributed by atoms with Gasteiger partial charge < -0.3 is 25.4 Å². The van der Waals surface area contributed by atoms with E-state index in [0.717, 1.165) is 11.1 Å². The van der Waals surface area contributed by atoms with Crippen LogP contribution in [-0.4, -0.2) is 37.4 Å². The quantitative estimate of drug-likeness (QED) is 0.0574. The van der Waals surface area contributed by atoms with Crippen molar-refractivity contribution < 1.29 is 28.7 Å². The summed E-state index contributed by atoms with van der Waals surface area (Å²) in [5.41, 5.74) is 3.96. The Labute approximate surface area is 327 Å². The van der Waals surface area contributed by atoms with Crippen molar-refractivity contribution in [3.8, 4) is 16.9 Å². The number of thioether (sulfide) groups is 1. The number of esters is 1. The zero-order chi connectivity index (χ0) is 38.6. The van der Waals surface area contributed by atoms with Crippen molar-refractivity contribution in [3.05, 3.63) is 173 Å². The number of hydrogen-bond acceptors (Lipinski definition) is 8. The lowest BCUT2D eigenvalue weighted by Gasteiger charge is -2.18. The fraction of sp³-hybridized carbons (Fsp3) is 0.0909. The molecule has 6 aromatic rings. The second-order valence-corrected chi connectivity index (χ2v) is 14.0. The number of benzene rings is 5. The third kappa shape index (κ3) is 9.77. The molecule has 0 saturated heterocycles. The van der Waals surface area contributed by atoms with Crippen LogP contribution in [0.15, 0.2) is 155 Å². The minimum atomic E-state index is -0.740. The summed E-state index contributed by atoms with van der Waals surface area (Å²) in [6.07, 6.45) is 1.56. The lowest BCUT2D eigenvalue weighted by molar-refractivity contribution is -0.116. The van der Waals surface area contributed by atoms with E-state index in [2.05, 4.69) is 16.0 Å². The van der Waals surface area contributed by atoms with Crippen molar-refractivity contribution in [1.29, 1.82) is 0 Å². The Morgan fingerprint density at radius 3 is 2.16 bits per heavy atom. The van der Waals surface area contributed by atoms with Crippen LogP contribution in [0.5, 0.6) is 5.75 Å². The van der Waals surface area contributed by atoms with Gasteiger partial charge in [0.15, 0.2) is 0 Å². The van der Waals surface area contributed by atoms with Crippen LogP contribution in [0.3, 0.4) is 0 Å². The van der Waals surface area contributed by atoms with Gasteiger partial charge in [-0.05, 0) is 60.5 Å². The van der Waals surface area contributed by atoms with Gasteiger partial charge in [0, 0.05) is 32.7 Å². The second kappa shape index (κ2) is 18.6. The maximum atomic E-state index is 14.2. The monoisotopic (exact) mass is 767 g/mol. The van der Waals surface area contributed by atoms with E-state index >= 15 is 0 Å². The molecule has 1 heterocycles. The Kier molecular flexibility index (Phi) is 12.9. The molecule has 0 fully saturated rings. The molecule has 1 aromatic heterocycles. The molecule has 3 N–H and O–H groups in total. The smallest absolute Gasteiger partial charge is 0.341 e. The average Bonchev–Trinajstić information content (AvgIpc) is 3.64. The van der Waals surface area contributed by atoms with Gasteiger partial charge >= 0.3 is 5.97 Å². The Balaban J connectivity index is 1.26. The Hall–Kier alpha value is -6.43. The second-order valence-electron chi connectivity index (χ2n) is 11.9. The molecule has 0 aliphatic rings. The van der Waals surface area contributed by atoms with Gasteiger partial charge in [-0.25, -0.2) is 4.79 Å². The molecule has 1 unspecified atom stereocenters. The summed E-state index contributed by atoms with van der Waals surface area (Å²) in [4.78, 5) is 55.2. The Bertz CT molecular complexity index is 2310. The number of methoxy groups -OCH3 is 1. The van der Waals surface area contributed by atoms with E-state index in [4.69, 9.17) is 9.47 Å². The molecule has 11 heteroatoms. The summed E-state index contributed by atoms with van der Waals surface area (Å²) in [5, 5.41) is 10.2. The van der Waals surface area contributed by atoms with Crippen LogP contribution in [0, 0.1) is 0 Å². The van der Waals surface area contributed by atoms with Gasteiger partial charge in [0.05, 0.1) is 13.7 Å². The summed E-state index contributed by atoms with van der Waals surface area (Å²) in [6, 6.07) is 41.6. The first-order valence-corrected chi connectivity index (χ1v) is 19.1. The number of anilines is 2. The van der Waals surface area contributed by atoms with E-state index < -0.39 is 23.0 Å². The maximum absolute atomic E-state index is 14.2. The Morgan fingerprint density at radius 2 is 1.45 bits per heavy atom. The largest absolute Gasteiger partial charge is 0.496 e. The lowest BCUT2D eigenvalue weighted by Crippen LogP contribution is -2.30. The highest BCUT2D eigenvalue weighted by Crippen LogP contribution is 2.40. The molecule has 0 saturated carbocycles. The molecule has 0 aliphatic heterocycles. The highest BCUT2D eigenvalue weighted by Gasteiger charge is 2.28. The van der Waals surface area contributed by atoms with E-state index in [-0.39, 0.29) is 18.2 Å². The van der Waals surface area contributed by atoms with Crippen LogP contribution in [0.2, 0.25) is 0 Å². The predicted molar refractivity (Wildman–Crippen MR) is 219 cm³/mol. The first-order chi connectivity index (χ1) is 26.8. The highest BCUT2D eigenvalue weighted by atomic mass is 32.2. The molecule has 0 bridgehead atoms. The minimum absolute atomic E-state index is 0.00109. The average molecular weight is 768 g/mol. The van der Waals surface area contributed by atoms with Gasteiger partial charge in [-0.2, -0.15) is 0 Å². The van der Waals surface area contributed by atoms with Crippen LogP contribution < -0.4 is 20.7 Å². The molecule has 6 rings (SSSR count).